The Morgan fingerprint density at radius 1 is 1.07 bits per heavy atom. The van der Waals surface area contributed by atoms with Crippen LogP contribution < -0.4 is 5.32 Å². The van der Waals surface area contributed by atoms with Gasteiger partial charge in [-0.3, -0.25) is 0 Å². The zero-order chi connectivity index (χ0) is 21.3. The normalized spacial score (nSPS) is 23.6. The number of carbonyl (C=O) groups is 2. The van der Waals surface area contributed by atoms with Crippen LogP contribution in [-0.4, -0.2) is 68.9 Å². The van der Waals surface area contributed by atoms with Gasteiger partial charge in [-0.1, -0.05) is 24.3 Å². The monoisotopic (exact) mass is 399 g/mol. The van der Waals surface area contributed by atoms with E-state index in [0.29, 0.717) is 13.2 Å². The second-order valence-electron chi connectivity index (χ2n) is 7.98. The maximum atomic E-state index is 12.4. The lowest BCUT2D eigenvalue weighted by Gasteiger charge is -2.26. The van der Waals surface area contributed by atoms with E-state index in [1.54, 1.807) is 20.8 Å². The minimum Gasteiger partial charge on any atom is -0.461 e. The maximum absolute atomic E-state index is 12.4. The zero-order valence-corrected chi connectivity index (χ0v) is 17.5. The fourth-order valence-electron chi connectivity index (χ4n) is 2.21. The van der Waals surface area contributed by atoms with Crippen LogP contribution in [0.1, 0.15) is 34.6 Å². The fourth-order valence-corrected chi connectivity index (χ4v) is 2.21. The summed E-state index contributed by atoms with van der Waals surface area (Å²) in [7, 11) is 0. The number of cyclic esters (lactones) is 1. The molecular formula is C20H33NO7. The Labute approximate surface area is 167 Å². The molecule has 0 radical (unpaired) electrons. The molecule has 0 aromatic carbocycles. The van der Waals surface area contributed by atoms with Crippen molar-refractivity contribution in [2.24, 2.45) is 0 Å². The highest BCUT2D eigenvalue weighted by Gasteiger charge is 2.32. The first-order chi connectivity index (χ1) is 13.0. The molecule has 1 heterocycles. The first-order valence-electron chi connectivity index (χ1n) is 9.24. The largest absolute Gasteiger partial charge is 0.461 e. The molecule has 1 aliphatic rings. The summed E-state index contributed by atoms with van der Waals surface area (Å²) in [4.78, 5) is 24.4. The third-order valence-corrected chi connectivity index (χ3v) is 3.43. The molecule has 8 heteroatoms. The van der Waals surface area contributed by atoms with Crippen LogP contribution in [0.15, 0.2) is 24.3 Å². The van der Waals surface area contributed by atoms with Crippen LogP contribution in [0.2, 0.25) is 0 Å². The lowest BCUT2D eigenvalue weighted by Crippen LogP contribution is -2.46. The van der Waals surface area contributed by atoms with E-state index in [-0.39, 0.29) is 19.8 Å². The van der Waals surface area contributed by atoms with E-state index in [9.17, 15) is 9.59 Å². The smallest absolute Gasteiger partial charge is 0.408 e. The summed E-state index contributed by atoms with van der Waals surface area (Å²) in [6.45, 7) is 17.2. The van der Waals surface area contributed by atoms with E-state index >= 15 is 0 Å². The SMILES string of the molecule is C=C(C)COC1COCC(NC(=O)OC(C)(C)C)C(=O)OCC1OCC(=C)C. The van der Waals surface area contributed by atoms with Crippen molar-refractivity contribution in [2.45, 2.75) is 58.5 Å². The molecule has 0 saturated carbocycles. The van der Waals surface area contributed by atoms with Crippen LogP contribution in [0.25, 0.3) is 0 Å². The molecular weight excluding hydrogens is 366 g/mol. The van der Waals surface area contributed by atoms with Gasteiger partial charge < -0.3 is 29.0 Å². The first kappa shape index (κ1) is 24.1. The van der Waals surface area contributed by atoms with Crippen LogP contribution in [0.3, 0.4) is 0 Å². The van der Waals surface area contributed by atoms with E-state index in [0.717, 1.165) is 11.1 Å². The maximum Gasteiger partial charge on any atom is 0.408 e. The number of esters is 1. The topological polar surface area (TPSA) is 92.3 Å². The van der Waals surface area contributed by atoms with Crippen molar-refractivity contribution < 1.29 is 33.3 Å². The van der Waals surface area contributed by atoms with Crippen LogP contribution >= 0.6 is 0 Å². The number of rotatable bonds is 7. The number of hydrogen-bond donors (Lipinski definition) is 1. The summed E-state index contributed by atoms with van der Waals surface area (Å²) in [6.07, 6.45) is -1.73. The molecule has 1 fully saturated rings. The standard InChI is InChI=1S/C20H33NO7/c1-13(2)8-25-16-11-24-10-15(21-19(23)28-20(5,6)7)18(22)27-12-17(16)26-9-14(3)4/h15-17H,1,3,8-12H2,2,4-7H3,(H,21,23). The highest BCUT2D eigenvalue weighted by atomic mass is 16.6. The first-order valence-corrected chi connectivity index (χ1v) is 9.24. The van der Waals surface area contributed by atoms with Crippen molar-refractivity contribution in [1.82, 2.24) is 5.32 Å². The molecule has 1 aliphatic heterocycles. The molecule has 0 aromatic heterocycles. The van der Waals surface area contributed by atoms with Gasteiger partial charge in [-0.15, -0.1) is 0 Å². The lowest BCUT2D eigenvalue weighted by atomic mass is 10.2. The van der Waals surface area contributed by atoms with Crippen molar-refractivity contribution in [3.8, 4) is 0 Å². The van der Waals surface area contributed by atoms with Crippen molar-refractivity contribution >= 4 is 12.1 Å². The summed E-state index contributed by atoms with van der Waals surface area (Å²) >= 11 is 0. The van der Waals surface area contributed by atoms with Gasteiger partial charge in [0.15, 0.2) is 6.04 Å². The Morgan fingerprint density at radius 2 is 1.61 bits per heavy atom. The second kappa shape index (κ2) is 11.2. The Kier molecular flexibility index (Phi) is 9.64. The molecule has 0 aromatic rings. The molecule has 0 bridgehead atoms. The summed E-state index contributed by atoms with van der Waals surface area (Å²) in [5.74, 6) is -0.629. The Balaban J connectivity index is 2.79. The Hall–Kier alpha value is -1.90. The number of carbonyl (C=O) groups excluding carboxylic acids is 2. The number of hydrogen-bond acceptors (Lipinski definition) is 7. The van der Waals surface area contributed by atoms with Crippen molar-refractivity contribution in [3.63, 3.8) is 0 Å². The quantitative estimate of drug-likeness (QED) is 0.519. The molecule has 0 spiro atoms. The van der Waals surface area contributed by atoms with Gasteiger partial charge >= 0.3 is 12.1 Å². The highest BCUT2D eigenvalue weighted by Crippen LogP contribution is 2.13. The van der Waals surface area contributed by atoms with Gasteiger partial charge in [0.1, 0.15) is 24.4 Å². The third-order valence-electron chi connectivity index (χ3n) is 3.43. The summed E-state index contributed by atoms with van der Waals surface area (Å²) in [5, 5.41) is 2.48. The summed E-state index contributed by atoms with van der Waals surface area (Å²) in [5.41, 5.74) is 0.992. The van der Waals surface area contributed by atoms with Crippen LogP contribution in [0, 0.1) is 0 Å². The average Bonchev–Trinajstić information content (AvgIpc) is 2.60. The summed E-state index contributed by atoms with van der Waals surface area (Å²) < 4.78 is 27.7. The predicted molar refractivity (Wildman–Crippen MR) is 104 cm³/mol. The molecule has 3 atom stereocenters. The van der Waals surface area contributed by atoms with E-state index < -0.39 is 35.9 Å². The van der Waals surface area contributed by atoms with E-state index in [2.05, 4.69) is 18.5 Å². The molecule has 1 amide bonds. The molecule has 8 nitrogen and oxygen atoms in total. The predicted octanol–water partition coefficient (Wildman–Crippen LogP) is 2.38. The van der Waals surface area contributed by atoms with E-state index in [1.807, 2.05) is 13.8 Å². The number of alkyl carbamates (subject to hydrolysis) is 1. The van der Waals surface area contributed by atoms with Crippen LogP contribution in [0.4, 0.5) is 4.79 Å². The minimum absolute atomic E-state index is 0.0389. The van der Waals surface area contributed by atoms with Gasteiger partial charge in [0.05, 0.1) is 26.4 Å². The van der Waals surface area contributed by atoms with Gasteiger partial charge in [0.25, 0.3) is 0 Å². The zero-order valence-electron chi connectivity index (χ0n) is 17.5. The molecule has 1 rings (SSSR count). The lowest BCUT2D eigenvalue weighted by molar-refractivity contribution is -0.153. The van der Waals surface area contributed by atoms with Gasteiger partial charge in [-0.2, -0.15) is 0 Å². The van der Waals surface area contributed by atoms with E-state index in [1.165, 1.54) is 0 Å². The molecule has 28 heavy (non-hydrogen) atoms. The van der Waals surface area contributed by atoms with Gasteiger partial charge in [0, 0.05) is 0 Å². The van der Waals surface area contributed by atoms with Gasteiger partial charge in [-0.05, 0) is 34.6 Å². The van der Waals surface area contributed by atoms with Crippen LogP contribution in [0.5, 0.6) is 0 Å². The van der Waals surface area contributed by atoms with Crippen molar-refractivity contribution in [1.29, 1.82) is 0 Å². The van der Waals surface area contributed by atoms with E-state index in [4.69, 9.17) is 23.7 Å². The number of amides is 1. The van der Waals surface area contributed by atoms with Crippen molar-refractivity contribution in [3.05, 3.63) is 24.3 Å². The van der Waals surface area contributed by atoms with Crippen molar-refractivity contribution in [2.75, 3.05) is 33.0 Å². The summed E-state index contributed by atoms with van der Waals surface area (Å²) in [6, 6.07) is -0.989. The fraction of sp³-hybridized carbons (Fsp3) is 0.700. The molecule has 1 saturated heterocycles. The third kappa shape index (κ3) is 9.87. The Morgan fingerprint density at radius 3 is 2.11 bits per heavy atom. The molecule has 1 N–H and O–H groups in total. The van der Waals surface area contributed by atoms with Crippen LogP contribution in [-0.2, 0) is 28.5 Å². The molecule has 0 aliphatic carbocycles. The molecule has 160 valence electrons. The van der Waals surface area contributed by atoms with Gasteiger partial charge in [0.2, 0.25) is 0 Å². The number of ether oxygens (including phenoxy) is 5. The number of nitrogens with one attached hydrogen (secondary N) is 1. The highest BCUT2D eigenvalue weighted by molar-refractivity contribution is 5.81. The Bertz CT molecular complexity index is 567. The second-order valence-corrected chi connectivity index (χ2v) is 7.98. The minimum atomic E-state index is -0.989. The average molecular weight is 399 g/mol. The van der Waals surface area contributed by atoms with Gasteiger partial charge in [-0.25, -0.2) is 9.59 Å². The molecule has 3 unspecified atom stereocenters.